The number of benzene rings is 1. The van der Waals surface area contributed by atoms with Crippen LogP contribution in [0.15, 0.2) is 34.1 Å². The second-order valence-electron chi connectivity index (χ2n) is 4.20. The molecule has 0 aliphatic carbocycles. The molecular weight excluding hydrogens is 360 g/mol. The van der Waals surface area contributed by atoms with Crippen LogP contribution < -0.4 is 0 Å². The van der Waals surface area contributed by atoms with E-state index in [9.17, 15) is 22.7 Å². The number of halogens is 5. The Balaban J connectivity index is 2.25. The molecule has 1 N–H and O–H groups in total. The van der Waals surface area contributed by atoms with Gasteiger partial charge >= 0.3 is 6.18 Å². The average Bonchev–Trinajstić information content (AvgIpc) is 2.72. The van der Waals surface area contributed by atoms with Gasteiger partial charge in [-0.3, -0.25) is 0 Å². The summed E-state index contributed by atoms with van der Waals surface area (Å²) in [7, 11) is 0. The number of alkyl halides is 3. The summed E-state index contributed by atoms with van der Waals surface area (Å²) in [6, 6.07) is 5.64. The van der Waals surface area contributed by atoms with Gasteiger partial charge < -0.3 is 5.11 Å². The van der Waals surface area contributed by atoms with E-state index >= 15 is 0 Å². The van der Waals surface area contributed by atoms with Crippen molar-refractivity contribution in [3.05, 3.63) is 55.9 Å². The predicted molar refractivity (Wildman–Crippen MR) is 72.1 cm³/mol. The van der Waals surface area contributed by atoms with Gasteiger partial charge in [0.1, 0.15) is 5.82 Å². The topological polar surface area (TPSA) is 20.2 Å². The molecule has 1 aromatic carbocycles. The van der Waals surface area contributed by atoms with Crippen molar-refractivity contribution in [2.45, 2.75) is 18.7 Å². The second kappa shape index (κ2) is 5.83. The standard InChI is InChI=1S/C13H9BrF4OS/c14-12-2-1-10(20-12)6-11(19)7-3-8(13(16,17)18)5-9(15)4-7/h1-5,11,19H,6H2. The van der Waals surface area contributed by atoms with E-state index in [4.69, 9.17) is 0 Å². The monoisotopic (exact) mass is 368 g/mol. The zero-order valence-corrected chi connectivity index (χ0v) is 12.3. The van der Waals surface area contributed by atoms with Crippen LogP contribution >= 0.6 is 27.3 Å². The SMILES string of the molecule is OC(Cc1ccc(Br)s1)c1cc(F)cc(C(F)(F)F)c1. The van der Waals surface area contributed by atoms with E-state index in [0.717, 1.165) is 20.8 Å². The van der Waals surface area contributed by atoms with E-state index < -0.39 is 23.7 Å². The van der Waals surface area contributed by atoms with Gasteiger partial charge in [0.2, 0.25) is 0 Å². The van der Waals surface area contributed by atoms with Crippen LogP contribution in [0.1, 0.15) is 22.1 Å². The van der Waals surface area contributed by atoms with E-state index in [-0.39, 0.29) is 12.0 Å². The largest absolute Gasteiger partial charge is 0.416 e. The predicted octanol–water partition coefficient (Wildman–Crippen LogP) is 4.94. The maximum absolute atomic E-state index is 13.2. The van der Waals surface area contributed by atoms with Crippen molar-refractivity contribution in [1.82, 2.24) is 0 Å². The number of hydrogen-bond acceptors (Lipinski definition) is 2. The molecule has 0 fully saturated rings. The summed E-state index contributed by atoms with van der Waals surface area (Å²) in [5.74, 6) is -1.01. The molecule has 1 aromatic heterocycles. The van der Waals surface area contributed by atoms with E-state index in [0.29, 0.717) is 6.07 Å². The van der Waals surface area contributed by atoms with Crippen molar-refractivity contribution >= 4 is 27.3 Å². The summed E-state index contributed by atoms with van der Waals surface area (Å²) in [6.07, 6.45) is -5.68. The van der Waals surface area contributed by atoms with Crippen LogP contribution in [0.3, 0.4) is 0 Å². The van der Waals surface area contributed by atoms with Crippen LogP contribution in [0.25, 0.3) is 0 Å². The lowest BCUT2D eigenvalue weighted by atomic mass is 10.0. The van der Waals surface area contributed by atoms with Gasteiger partial charge in [0.15, 0.2) is 0 Å². The van der Waals surface area contributed by atoms with Gasteiger partial charge in [-0.05, 0) is 51.8 Å². The Morgan fingerprint density at radius 3 is 2.45 bits per heavy atom. The molecule has 1 nitrogen and oxygen atoms in total. The Bertz CT molecular complexity index is 609. The van der Waals surface area contributed by atoms with Crippen LogP contribution in [0.2, 0.25) is 0 Å². The highest BCUT2D eigenvalue weighted by atomic mass is 79.9. The summed E-state index contributed by atoms with van der Waals surface area (Å²) < 4.78 is 51.9. The molecule has 0 amide bonds. The van der Waals surface area contributed by atoms with Gasteiger partial charge in [0, 0.05) is 11.3 Å². The van der Waals surface area contributed by atoms with Crippen molar-refractivity contribution in [3.63, 3.8) is 0 Å². The Labute approximate surface area is 125 Å². The summed E-state index contributed by atoms with van der Waals surface area (Å²) in [5, 5.41) is 9.96. The van der Waals surface area contributed by atoms with Crippen LogP contribution in [-0.2, 0) is 12.6 Å². The molecule has 1 atom stereocenters. The Hall–Kier alpha value is -0.920. The van der Waals surface area contributed by atoms with Gasteiger partial charge in [-0.25, -0.2) is 4.39 Å². The summed E-state index contributed by atoms with van der Waals surface area (Å²) in [5.41, 5.74) is -1.18. The molecule has 20 heavy (non-hydrogen) atoms. The number of rotatable bonds is 3. The average molecular weight is 369 g/mol. The molecular formula is C13H9BrF4OS. The Morgan fingerprint density at radius 2 is 1.90 bits per heavy atom. The van der Waals surface area contributed by atoms with Crippen LogP contribution in [0, 0.1) is 5.82 Å². The van der Waals surface area contributed by atoms with Gasteiger partial charge in [-0.2, -0.15) is 13.2 Å². The molecule has 0 aliphatic heterocycles. The molecule has 0 saturated carbocycles. The number of aliphatic hydroxyl groups excluding tert-OH is 1. The highest BCUT2D eigenvalue weighted by molar-refractivity contribution is 9.11. The second-order valence-corrected chi connectivity index (χ2v) is 6.74. The van der Waals surface area contributed by atoms with E-state index in [1.165, 1.54) is 11.3 Å². The first-order valence-corrected chi connectivity index (χ1v) is 7.16. The number of hydrogen-bond donors (Lipinski definition) is 1. The third-order valence-electron chi connectivity index (χ3n) is 2.66. The smallest absolute Gasteiger partial charge is 0.388 e. The Morgan fingerprint density at radius 1 is 1.20 bits per heavy atom. The quantitative estimate of drug-likeness (QED) is 0.760. The minimum absolute atomic E-state index is 0.0816. The van der Waals surface area contributed by atoms with E-state index in [1.807, 2.05) is 0 Å². The summed E-state index contributed by atoms with van der Waals surface area (Å²) in [6.45, 7) is 0. The molecule has 1 heterocycles. The van der Waals surface area contributed by atoms with Crippen molar-refractivity contribution in [3.8, 4) is 0 Å². The number of aliphatic hydroxyl groups is 1. The molecule has 2 rings (SSSR count). The molecule has 1 unspecified atom stereocenters. The minimum atomic E-state index is -4.64. The van der Waals surface area contributed by atoms with Gasteiger partial charge in [-0.1, -0.05) is 0 Å². The molecule has 7 heteroatoms. The van der Waals surface area contributed by atoms with Crippen LogP contribution in [0.5, 0.6) is 0 Å². The molecule has 0 radical (unpaired) electrons. The normalized spacial score (nSPS) is 13.5. The first-order chi connectivity index (χ1) is 9.25. The summed E-state index contributed by atoms with van der Waals surface area (Å²) >= 11 is 4.62. The van der Waals surface area contributed by atoms with Crippen molar-refractivity contribution in [2.75, 3.05) is 0 Å². The Kier molecular flexibility index (Phi) is 4.51. The lowest BCUT2D eigenvalue weighted by Gasteiger charge is -2.13. The van der Waals surface area contributed by atoms with Gasteiger partial charge in [0.05, 0.1) is 15.5 Å². The lowest BCUT2D eigenvalue weighted by Crippen LogP contribution is -2.09. The first-order valence-electron chi connectivity index (χ1n) is 5.55. The van der Waals surface area contributed by atoms with Crippen molar-refractivity contribution < 1.29 is 22.7 Å². The van der Waals surface area contributed by atoms with Crippen molar-refractivity contribution in [2.24, 2.45) is 0 Å². The molecule has 2 aromatic rings. The fourth-order valence-corrected chi connectivity index (χ4v) is 3.26. The zero-order valence-electron chi connectivity index (χ0n) is 9.92. The highest BCUT2D eigenvalue weighted by Crippen LogP contribution is 2.33. The molecule has 108 valence electrons. The van der Waals surface area contributed by atoms with Crippen molar-refractivity contribution in [1.29, 1.82) is 0 Å². The maximum atomic E-state index is 13.2. The molecule has 0 bridgehead atoms. The number of thiophene rings is 1. The molecule has 0 spiro atoms. The molecule has 0 aliphatic rings. The maximum Gasteiger partial charge on any atom is 0.416 e. The van der Waals surface area contributed by atoms with Gasteiger partial charge in [0.25, 0.3) is 0 Å². The first kappa shape index (κ1) is 15.5. The van der Waals surface area contributed by atoms with Crippen LogP contribution in [0.4, 0.5) is 17.6 Å². The fraction of sp³-hybridized carbons (Fsp3) is 0.231. The van der Waals surface area contributed by atoms with Gasteiger partial charge in [-0.15, -0.1) is 11.3 Å². The third-order valence-corrected chi connectivity index (χ3v) is 4.30. The molecule has 0 saturated heterocycles. The van der Waals surface area contributed by atoms with Crippen LogP contribution in [-0.4, -0.2) is 5.11 Å². The lowest BCUT2D eigenvalue weighted by molar-refractivity contribution is -0.137. The van der Waals surface area contributed by atoms with E-state index in [1.54, 1.807) is 12.1 Å². The minimum Gasteiger partial charge on any atom is -0.388 e. The zero-order chi connectivity index (χ0) is 14.9. The summed E-state index contributed by atoms with van der Waals surface area (Å²) in [4.78, 5) is 0.794. The van der Waals surface area contributed by atoms with E-state index in [2.05, 4.69) is 15.9 Å². The highest BCUT2D eigenvalue weighted by Gasteiger charge is 2.32. The third kappa shape index (κ3) is 3.80. The fourth-order valence-electron chi connectivity index (χ4n) is 1.74.